The molecule has 0 amide bonds. The van der Waals surface area contributed by atoms with Gasteiger partial charge in [0.05, 0.1) is 5.41 Å². The van der Waals surface area contributed by atoms with Crippen LogP contribution in [0.15, 0.2) is 194 Å². The fourth-order valence-corrected chi connectivity index (χ4v) is 11.7. The first-order chi connectivity index (χ1) is 32.6. The first-order valence-electron chi connectivity index (χ1n) is 24.5. The molecule has 0 aliphatic heterocycles. The lowest BCUT2D eigenvalue weighted by Gasteiger charge is -2.34. The maximum absolute atomic E-state index is 2.57. The Balaban J connectivity index is 1.16. The van der Waals surface area contributed by atoms with Crippen molar-refractivity contribution in [1.29, 1.82) is 0 Å². The molecule has 1 nitrogen and oxygen atoms in total. The van der Waals surface area contributed by atoms with Gasteiger partial charge in [-0.15, -0.1) is 0 Å². The molecule has 332 valence electrons. The lowest BCUT2D eigenvalue weighted by atomic mass is 9.68. The van der Waals surface area contributed by atoms with E-state index >= 15 is 0 Å². The summed E-state index contributed by atoms with van der Waals surface area (Å²) >= 11 is 0. The van der Waals surface area contributed by atoms with Crippen molar-refractivity contribution in [3.63, 3.8) is 0 Å². The van der Waals surface area contributed by atoms with Crippen LogP contribution in [0.25, 0.3) is 65.7 Å². The second-order valence-electron chi connectivity index (χ2n) is 22.6. The van der Waals surface area contributed by atoms with Gasteiger partial charge in [-0.1, -0.05) is 220 Å². The Kier molecular flexibility index (Phi) is 9.23. The highest BCUT2D eigenvalue weighted by molar-refractivity contribution is 6.25. The predicted octanol–water partition coefficient (Wildman–Crippen LogP) is 18.5. The molecule has 10 aromatic carbocycles. The second kappa shape index (κ2) is 14.9. The van der Waals surface area contributed by atoms with Gasteiger partial charge in [0.15, 0.2) is 0 Å². The average Bonchev–Trinajstić information content (AvgIpc) is 3.80. The summed E-state index contributed by atoms with van der Waals surface area (Å²) in [7, 11) is 0. The molecule has 2 aliphatic carbocycles. The summed E-state index contributed by atoms with van der Waals surface area (Å²) in [4.78, 5) is 2.50. The van der Waals surface area contributed by atoms with E-state index in [0.717, 1.165) is 17.1 Å². The van der Waals surface area contributed by atoms with E-state index in [1.165, 1.54) is 105 Å². The molecule has 0 saturated heterocycles. The number of hydrogen-bond acceptors (Lipinski definition) is 1. The maximum Gasteiger partial charge on any atom is 0.0726 e. The molecular formula is C67H59N. The van der Waals surface area contributed by atoms with Crippen LogP contribution in [0.1, 0.15) is 101 Å². The van der Waals surface area contributed by atoms with E-state index in [4.69, 9.17) is 0 Å². The molecular weight excluding hydrogens is 819 g/mol. The smallest absolute Gasteiger partial charge is 0.0726 e. The molecule has 10 aromatic rings. The third-order valence-corrected chi connectivity index (χ3v) is 15.3. The zero-order valence-electron chi connectivity index (χ0n) is 40.9. The van der Waals surface area contributed by atoms with Crippen LogP contribution in [0.4, 0.5) is 17.1 Å². The first kappa shape index (κ1) is 42.2. The lowest BCUT2D eigenvalue weighted by Crippen LogP contribution is -2.28. The van der Waals surface area contributed by atoms with E-state index < -0.39 is 5.41 Å². The summed E-state index contributed by atoms with van der Waals surface area (Å²) < 4.78 is 0. The number of fused-ring (bicyclic) bond motifs is 16. The van der Waals surface area contributed by atoms with Crippen LogP contribution in [0.3, 0.4) is 0 Å². The van der Waals surface area contributed by atoms with Gasteiger partial charge in [0.1, 0.15) is 0 Å². The van der Waals surface area contributed by atoms with Gasteiger partial charge in [0.2, 0.25) is 0 Å². The summed E-state index contributed by atoms with van der Waals surface area (Å²) in [5.74, 6) is 0. The number of rotatable bonds is 4. The summed E-state index contributed by atoms with van der Waals surface area (Å²) in [6, 6.07) is 74.3. The predicted molar refractivity (Wildman–Crippen MR) is 291 cm³/mol. The van der Waals surface area contributed by atoms with Gasteiger partial charge < -0.3 is 4.90 Å². The Morgan fingerprint density at radius 3 is 1.07 bits per heavy atom. The minimum Gasteiger partial charge on any atom is -0.310 e. The molecule has 0 atom stereocenters. The van der Waals surface area contributed by atoms with Crippen LogP contribution in [-0.2, 0) is 21.7 Å². The van der Waals surface area contributed by atoms with Crippen LogP contribution >= 0.6 is 0 Å². The summed E-state index contributed by atoms with van der Waals surface area (Å²) in [5, 5.41) is 7.64. The van der Waals surface area contributed by atoms with Gasteiger partial charge in [-0.25, -0.2) is 0 Å². The summed E-state index contributed by atoms with van der Waals surface area (Å²) in [5.41, 5.74) is 20.0. The van der Waals surface area contributed by atoms with Crippen molar-refractivity contribution >= 4 is 49.4 Å². The molecule has 0 bridgehead atoms. The van der Waals surface area contributed by atoms with Crippen LogP contribution in [-0.4, -0.2) is 0 Å². The van der Waals surface area contributed by atoms with Crippen molar-refractivity contribution in [2.45, 2.75) is 84.0 Å². The van der Waals surface area contributed by atoms with Crippen molar-refractivity contribution in [2.24, 2.45) is 0 Å². The highest BCUT2D eigenvalue weighted by Gasteiger charge is 2.53. The van der Waals surface area contributed by atoms with E-state index in [1.54, 1.807) is 0 Å². The third-order valence-electron chi connectivity index (χ3n) is 15.3. The average molecular weight is 878 g/mol. The second-order valence-corrected chi connectivity index (χ2v) is 22.6. The van der Waals surface area contributed by atoms with Crippen molar-refractivity contribution in [3.05, 3.63) is 233 Å². The topological polar surface area (TPSA) is 3.24 Å². The van der Waals surface area contributed by atoms with Crippen LogP contribution in [0.2, 0.25) is 0 Å². The molecule has 0 aromatic heterocycles. The van der Waals surface area contributed by atoms with E-state index in [2.05, 4.69) is 261 Å². The maximum atomic E-state index is 2.57. The number of nitrogens with zero attached hydrogens (tertiary/aromatic N) is 1. The van der Waals surface area contributed by atoms with E-state index in [9.17, 15) is 0 Å². The number of hydrogen-bond donors (Lipinski definition) is 0. The summed E-state index contributed by atoms with van der Waals surface area (Å²) in [6.07, 6.45) is 0. The largest absolute Gasteiger partial charge is 0.310 e. The van der Waals surface area contributed by atoms with Crippen LogP contribution in [0.5, 0.6) is 0 Å². The Labute approximate surface area is 402 Å². The molecule has 0 saturated carbocycles. The molecule has 0 unspecified atom stereocenters. The van der Waals surface area contributed by atoms with Crippen molar-refractivity contribution < 1.29 is 0 Å². The van der Waals surface area contributed by atoms with Crippen LogP contribution in [0, 0.1) is 0 Å². The Bertz CT molecular complexity index is 3520. The van der Waals surface area contributed by atoms with Gasteiger partial charge in [-0.2, -0.15) is 0 Å². The number of benzene rings is 10. The van der Waals surface area contributed by atoms with Crippen molar-refractivity contribution in [3.8, 4) is 33.4 Å². The molecule has 1 heteroatoms. The normalized spacial score (nSPS) is 13.8. The third kappa shape index (κ3) is 6.35. The minimum absolute atomic E-state index is 0.0325. The standard InChI is InChI=1S/C67H59N/c1-64(2,3)44-25-32-55-56-33-26-45(65(4,5)6)38-61(56)67(60(55)37-44)62-39-46(66(7,8)9)27-34-57(62)58-36-31-49(41-63(58)67)68(47-28-23-43(24-29-47)42-17-11-10-12-18-42)48-30-35-54-52-21-14-13-19-50(52)51-20-15-16-22-53(51)59(54)40-48/h10-41H,1-9H3. The van der Waals surface area contributed by atoms with Gasteiger partial charge >= 0.3 is 0 Å². The monoisotopic (exact) mass is 877 g/mol. The van der Waals surface area contributed by atoms with E-state index in [-0.39, 0.29) is 16.2 Å². The fourth-order valence-electron chi connectivity index (χ4n) is 11.7. The zero-order valence-corrected chi connectivity index (χ0v) is 40.9. The minimum atomic E-state index is -0.545. The molecule has 68 heavy (non-hydrogen) atoms. The van der Waals surface area contributed by atoms with Crippen molar-refractivity contribution in [1.82, 2.24) is 0 Å². The quantitative estimate of drug-likeness (QED) is 0.159. The molecule has 2 aliphatic rings. The molecule has 0 heterocycles. The highest BCUT2D eigenvalue weighted by atomic mass is 15.1. The van der Waals surface area contributed by atoms with E-state index in [0.29, 0.717) is 0 Å². The van der Waals surface area contributed by atoms with Gasteiger partial charge in [0.25, 0.3) is 0 Å². The van der Waals surface area contributed by atoms with E-state index in [1.807, 2.05) is 0 Å². The Morgan fingerprint density at radius 1 is 0.279 bits per heavy atom. The van der Waals surface area contributed by atoms with Crippen LogP contribution < -0.4 is 4.90 Å². The highest BCUT2D eigenvalue weighted by Crippen LogP contribution is 2.64. The molecule has 1 spiro atoms. The number of anilines is 3. The molecule has 0 fully saturated rings. The first-order valence-corrected chi connectivity index (χ1v) is 24.5. The zero-order chi connectivity index (χ0) is 46.9. The molecule has 0 N–H and O–H groups in total. The fraction of sp³-hybridized carbons (Fsp3) is 0.194. The SMILES string of the molecule is CC(C)(C)c1ccc2c(c1)C1(c3cc(N(c4ccc(-c5ccccc5)cc4)c4ccc5c6ccccc6c6ccccc6c5c4)ccc3-2)c2cc(C(C)(C)C)ccc2-c2ccc(C(C)(C)C)cc21. The van der Waals surface area contributed by atoms with Crippen molar-refractivity contribution in [2.75, 3.05) is 4.90 Å². The van der Waals surface area contributed by atoms with Gasteiger partial charge in [-0.05, 0) is 157 Å². The Morgan fingerprint density at radius 2 is 0.618 bits per heavy atom. The summed E-state index contributed by atoms with van der Waals surface area (Å²) in [6.45, 7) is 21.2. The molecule has 12 rings (SSSR count). The van der Waals surface area contributed by atoms with Gasteiger partial charge in [-0.3, -0.25) is 0 Å². The Hall–Kier alpha value is -7.22. The molecule has 0 radical (unpaired) electrons. The lowest BCUT2D eigenvalue weighted by molar-refractivity contribution is 0.584. The van der Waals surface area contributed by atoms with Gasteiger partial charge in [0, 0.05) is 17.1 Å².